The summed E-state index contributed by atoms with van der Waals surface area (Å²) in [6.07, 6.45) is 0. The summed E-state index contributed by atoms with van der Waals surface area (Å²) in [6, 6.07) is 19.2. The Morgan fingerprint density at radius 3 is 2.45 bits per heavy atom. The summed E-state index contributed by atoms with van der Waals surface area (Å²) in [7, 11) is 1.57. The number of carbonyl (C=O) groups is 1. The van der Waals surface area contributed by atoms with Crippen LogP contribution in [0.3, 0.4) is 0 Å². The highest BCUT2D eigenvalue weighted by atomic mass is 16.5. The van der Waals surface area contributed by atoms with Crippen molar-refractivity contribution in [1.82, 2.24) is 4.98 Å². The summed E-state index contributed by atoms with van der Waals surface area (Å²) in [4.78, 5) is 17.4. The molecule has 1 amide bonds. The molecular formula is C26H26N2O3. The normalized spacial score (nSPS) is 11.5. The highest BCUT2D eigenvalue weighted by molar-refractivity contribution is 6.07. The van der Waals surface area contributed by atoms with E-state index in [1.165, 1.54) is 5.56 Å². The molecule has 0 unspecified atom stereocenters. The summed E-state index contributed by atoms with van der Waals surface area (Å²) in [5, 5.41) is 2.92. The molecule has 158 valence electrons. The standard InChI is InChI=1S/C26H26N2O3/c1-16-7-6-8-20(23(16)30-5)24(29)27-19-13-14-22-21(15-19)28-25(31-22)17-9-11-18(12-10-17)26(2,3)4/h6-15H,1-5H3,(H,27,29). The van der Waals surface area contributed by atoms with Crippen molar-refractivity contribution in [3.8, 4) is 17.2 Å². The average molecular weight is 415 g/mol. The molecule has 31 heavy (non-hydrogen) atoms. The number of benzene rings is 3. The number of para-hydroxylation sites is 1. The number of aromatic nitrogens is 1. The van der Waals surface area contributed by atoms with Gasteiger partial charge >= 0.3 is 0 Å². The molecule has 0 radical (unpaired) electrons. The summed E-state index contributed by atoms with van der Waals surface area (Å²) >= 11 is 0. The van der Waals surface area contributed by atoms with E-state index >= 15 is 0 Å². The van der Waals surface area contributed by atoms with Crippen molar-refractivity contribution in [1.29, 1.82) is 0 Å². The van der Waals surface area contributed by atoms with E-state index in [9.17, 15) is 4.79 Å². The van der Waals surface area contributed by atoms with Crippen molar-refractivity contribution >= 4 is 22.7 Å². The SMILES string of the molecule is COc1c(C)cccc1C(=O)Nc1ccc2oc(-c3ccc(C(C)(C)C)cc3)nc2c1. The number of fused-ring (bicyclic) bond motifs is 1. The molecule has 4 aromatic rings. The first kappa shape index (κ1) is 20.7. The lowest BCUT2D eigenvalue weighted by molar-refractivity contribution is 0.102. The minimum absolute atomic E-state index is 0.0902. The molecule has 5 heteroatoms. The Balaban J connectivity index is 1.60. The molecule has 0 spiro atoms. The third-order valence-electron chi connectivity index (χ3n) is 5.30. The molecule has 0 bridgehead atoms. The fourth-order valence-corrected chi connectivity index (χ4v) is 3.54. The van der Waals surface area contributed by atoms with E-state index in [0.29, 0.717) is 34.0 Å². The summed E-state index contributed by atoms with van der Waals surface area (Å²) in [6.45, 7) is 8.46. The number of aryl methyl sites for hydroxylation is 1. The van der Waals surface area contributed by atoms with Gasteiger partial charge in [0.15, 0.2) is 5.58 Å². The first-order valence-corrected chi connectivity index (χ1v) is 10.2. The monoisotopic (exact) mass is 414 g/mol. The fraction of sp³-hybridized carbons (Fsp3) is 0.231. The van der Waals surface area contributed by atoms with Crippen molar-refractivity contribution in [2.24, 2.45) is 0 Å². The van der Waals surface area contributed by atoms with Gasteiger partial charge in [0.2, 0.25) is 5.89 Å². The van der Waals surface area contributed by atoms with Gasteiger partial charge in [0, 0.05) is 11.3 Å². The van der Waals surface area contributed by atoms with Gasteiger partial charge in [-0.15, -0.1) is 0 Å². The van der Waals surface area contributed by atoms with Crippen LogP contribution in [0.25, 0.3) is 22.6 Å². The Labute approximate surface area is 182 Å². The van der Waals surface area contributed by atoms with Crippen LogP contribution in [0.2, 0.25) is 0 Å². The van der Waals surface area contributed by atoms with Crippen molar-refractivity contribution in [2.45, 2.75) is 33.1 Å². The van der Waals surface area contributed by atoms with Crippen molar-refractivity contribution in [3.05, 3.63) is 77.4 Å². The number of rotatable bonds is 4. The molecule has 0 fully saturated rings. The average Bonchev–Trinajstić information content (AvgIpc) is 3.16. The lowest BCUT2D eigenvalue weighted by atomic mass is 9.87. The molecule has 0 saturated heterocycles. The molecule has 0 aliphatic heterocycles. The van der Waals surface area contributed by atoms with Crippen molar-refractivity contribution < 1.29 is 13.9 Å². The maximum absolute atomic E-state index is 12.8. The first-order chi connectivity index (χ1) is 14.8. The molecular weight excluding hydrogens is 388 g/mol. The largest absolute Gasteiger partial charge is 0.496 e. The van der Waals surface area contributed by atoms with Gasteiger partial charge in [-0.25, -0.2) is 4.98 Å². The molecule has 3 aromatic carbocycles. The molecule has 0 aliphatic carbocycles. The quantitative estimate of drug-likeness (QED) is 0.422. The number of carbonyl (C=O) groups excluding carboxylic acids is 1. The van der Waals surface area contributed by atoms with E-state index in [2.05, 4.69) is 43.2 Å². The van der Waals surface area contributed by atoms with Crippen LogP contribution < -0.4 is 10.1 Å². The minimum atomic E-state index is -0.235. The molecule has 4 rings (SSSR count). The Kier molecular flexibility index (Phi) is 5.27. The number of anilines is 1. The second-order valence-corrected chi connectivity index (χ2v) is 8.64. The molecule has 5 nitrogen and oxygen atoms in total. The summed E-state index contributed by atoms with van der Waals surface area (Å²) in [5.74, 6) is 0.893. The van der Waals surface area contributed by atoms with Crippen LogP contribution >= 0.6 is 0 Å². The van der Waals surface area contributed by atoms with Crippen LogP contribution in [0.15, 0.2) is 65.1 Å². The number of nitrogens with zero attached hydrogens (tertiary/aromatic N) is 1. The first-order valence-electron chi connectivity index (χ1n) is 10.2. The summed E-state index contributed by atoms with van der Waals surface area (Å²) in [5.41, 5.74) is 5.65. The maximum Gasteiger partial charge on any atom is 0.259 e. The van der Waals surface area contributed by atoms with Crippen molar-refractivity contribution in [3.63, 3.8) is 0 Å². The number of nitrogens with one attached hydrogen (secondary N) is 1. The minimum Gasteiger partial charge on any atom is -0.496 e. The number of ether oxygens (including phenoxy) is 1. The molecule has 1 aromatic heterocycles. The van der Waals surface area contributed by atoms with Crippen molar-refractivity contribution in [2.75, 3.05) is 12.4 Å². The van der Waals surface area contributed by atoms with E-state index < -0.39 is 0 Å². The van der Waals surface area contributed by atoms with Gasteiger partial charge in [-0.3, -0.25) is 4.79 Å². The number of hydrogen-bond donors (Lipinski definition) is 1. The van der Waals surface area contributed by atoms with Gasteiger partial charge in [-0.1, -0.05) is 45.0 Å². The van der Waals surface area contributed by atoms with Crippen LogP contribution in [-0.4, -0.2) is 18.0 Å². The Morgan fingerprint density at radius 1 is 1.03 bits per heavy atom. The van der Waals surface area contributed by atoms with Gasteiger partial charge in [-0.2, -0.15) is 0 Å². The molecule has 1 N–H and O–H groups in total. The maximum atomic E-state index is 12.8. The lowest BCUT2D eigenvalue weighted by Gasteiger charge is -2.18. The fourth-order valence-electron chi connectivity index (χ4n) is 3.54. The Bertz CT molecular complexity index is 1250. The van der Waals surface area contributed by atoms with Crippen LogP contribution in [0.4, 0.5) is 5.69 Å². The Hall–Kier alpha value is -3.60. The van der Waals surface area contributed by atoms with E-state index in [0.717, 1.165) is 11.1 Å². The number of amides is 1. The second-order valence-electron chi connectivity index (χ2n) is 8.64. The number of hydrogen-bond acceptors (Lipinski definition) is 4. The zero-order chi connectivity index (χ0) is 22.2. The number of methoxy groups -OCH3 is 1. The Morgan fingerprint density at radius 2 is 1.77 bits per heavy atom. The zero-order valence-corrected chi connectivity index (χ0v) is 18.4. The lowest BCUT2D eigenvalue weighted by Crippen LogP contribution is -2.13. The van der Waals surface area contributed by atoms with Gasteiger partial charge in [0.1, 0.15) is 11.3 Å². The molecule has 0 atom stereocenters. The van der Waals surface area contributed by atoms with Crippen LogP contribution in [0, 0.1) is 6.92 Å². The van der Waals surface area contributed by atoms with Gasteiger partial charge < -0.3 is 14.5 Å². The predicted molar refractivity (Wildman–Crippen MR) is 124 cm³/mol. The van der Waals surface area contributed by atoms with Crippen LogP contribution in [0.5, 0.6) is 5.75 Å². The highest BCUT2D eigenvalue weighted by Gasteiger charge is 2.16. The second kappa shape index (κ2) is 7.91. The highest BCUT2D eigenvalue weighted by Crippen LogP contribution is 2.29. The summed E-state index contributed by atoms with van der Waals surface area (Å²) < 4.78 is 11.3. The van der Waals surface area contributed by atoms with Crippen LogP contribution in [0.1, 0.15) is 42.3 Å². The van der Waals surface area contributed by atoms with E-state index in [1.54, 1.807) is 19.2 Å². The molecule has 1 heterocycles. The van der Waals surface area contributed by atoms with Crippen LogP contribution in [-0.2, 0) is 5.41 Å². The van der Waals surface area contributed by atoms with Gasteiger partial charge in [-0.05, 0) is 59.9 Å². The molecule has 0 saturated carbocycles. The van der Waals surface area contributed by atoms with Gasteiger partial charge in [0.05, 0.1) is 12.7 Å². The number of oxazole rings is 1. The predicted octanol–water partition coefficient (Wildman–Crippen LogP) is 6.36. The zero-order valence-electron chi connectivity index (χ0n) is 18.4. The topological polar surface area (TPSA) is 64.4 Å². The van der Waals surface area contributed by atoms with E-state index in [-0.39, 0.29) is 11.3 Å². The van der Waals surface area contributed by atoms with E-state index in [1.807, 2.05) is 43.3 Å². The smallest absolute Gasteiger partial charge is 0.259 e. The third kappa shape index (κ3) is 4.17. The molecule has 0 aliphatic rings. The van der Waals surface area contributed by atoms with E-state index in [4.69, 9.17) is 9.15 Å². The third-order valence-corrected chi connectivity index (χ3v) is 5.30. The van der Waals surface area contributed by atoms with Gasteiger partial charge in [0.25, 0.3) is 5.91 Å².